The van der Waals surface area contributed by atoms with Crippen LogP contribution in [0.15, 0.2) is 57.7 Å². The van der Waals surface area contributed by atoms with Gasteiger partial charge in [0.05, 0.1) is 0 Å². The zero-order valence-corrected chi connectivity index (χ0v) is 12.5. The highest BCUT2D eigenvalue weighted by Gasteiger charge is 2.04. The first-order valence-electron chi connectivity index (χ1n) is 6.27. The van der Waals surface area contributed by atoms with Gasteiger partial charge in [0.2, 0.25) is 12.3 Å². The number of nitrogens with one attached hydrogen (secondary N) is 1. The maximum atomic E-state index is 13.0. The third-order valence-electron chi connectivity index (χ3n) is 2.99. The molecule has 0 saturated carbocycles. The Morgan fingerprint density at radius 3 is 2.62 bits per heavy atom. The molecule has 0 aliphatic carbocycles. The fourth-order valence-electron chi connectivity index (χ4n) is 1.89. The Hall–Kier alpha value is -2.21. The number of aromatic nitrogens is 2. The van der Waals surface area contributed by atoms with Crippen LogP contribution in [0.5, 0.6) is 0 Å². The number of benzene rings is 2. The Morgan fingerprint density at radius 1 is 1.14 bits per heavy atom. The van der Waals surface area contributed by atoms with Crippen LogP contribution in [0.2, 0.25) is 0 Å². The maximum Gasteiger partial charge on any atom is 0.247 e. The molecular weight excluding hydrogens is 337 g/mol. The minimum absolute atomic E-state index is 0.255. The monoisotopic (exact) mass is 347 g/mol. The summed E-state index contributed by atoms with van der Waals surface area (Å²) in [5, 5.41) is 10.8. The Labute approximate surface area is 129 Å². The third-order valence-corrected chi connectivity index (χ3v) is 3.73. The van der Waals surface area contributed by atoms with Gasteiger partial charge in [0.15, 0.2) is 0 Å². The minimum Gasteiger partial charge on any atom is -0.423 e. The summed E-state index contributed by atoms with van der Waals surface area (Å²) in [6.45, 7) is 0.598. The predicted molar refractivity (Wildman–Crippen MR) is 81.2 cm³/mol. The quantitative estimate of drug-likeness (QED) is 0.766. The summed E-state index contributed by atoms with van der Waals surface area (Å²) in [7, 11) is 0. The van der Waals surface area contributed by atoms with E-state index in [0.717, 1.165) is 21.3 Å². The normalized spacial score (nSPS) is 10.6. The molecule has 4 nitrogen and oxygen atoms in total. The molecule has 0 spiro atoms. The molecule has 0 aliphatic rings. The van der Waals surface area contributed by atoms with Crippen LogP contribution in [0.1, 0.15) is 5.56 Å². The Morgan fingerprint density at radius 2 is 1.95 bits per heavy atom. The summed E-state index contributed by atoms with van der Waals surface area (Å²) in [4.78, 5) is 0. The van der Waals surface area contributed by atoms with E-state index < -0.39 is 0 Å². The van der Waals surface area contributed by atoms with Gasteiger partial charge in [0.1, 0.15) is 5.82 Å². The van der Waals surface area contributed by atoms with E-state index in [2.05, 4.69) is 31.4 Å². The molecule has 0 amide bonds. The van der Waals surface area contributed by atoms with Crippen molar-refractivity contribution in [2.75, 3.05) is 5.32 Å². The summed E-state index contributed by atoms with van der Waals surface area (Å²) in [5.74, 6) is 0.234. The van der Waals surface area contributed by atoms with Crippen LogP contribution in [0.3, 0.4) is 0 Å². The molecule has 0 bridgehead atoms. The second kappa shape index (κ2) is 6.05. The van der Waals surface area contributed by atoms with Crippen molar-refractivity contribution in [1.29, 1.82) is 0 Å². The highest BCUT2D eigenvalue weighted by atomic mass is 79.9. The van der Waals surface area contributed by atoms with E-state index in [1.165, 1.54) is 18.5 Å². The lowest BCUT2D eigenvalue weighted by Gasteiger charge is -2.08. The average molecular weight is 348 g/mol. The first-order valence-corrected chi connectivity index (χ1v) is 7.06. The molecule has 0 atom stereocenters. The van der Waals surface area contributed by atoms with Crippen LogP contribution >= 0.6 is 15.9 Å². The molecule has 2 aromatic carbocycles. The second-order valence-corrected chi connectivity index (χ2v) is 5.26. The number of rotatable bonds is 4. The Balaban J connectivity index is 1.68. The fourth-order valence-corrected chi connectivity index (χ4v) is 2.38. The molecule has 106 valence electrons. The average Bonchev–Trinajstić information content (AvgIpc) is 3.01. The standard InChI is InChI=1S/C15H11BrFN3O/c16-14-7-12(17)4-1-11(14)8-18-13-5-2-10(3-6-13)15-20-19-9-21-15/h1-7,9,18H,8H2. The van der Waals surface area contributed by atoms with Gasteiger partial charge in [-0.15, -0.1) is 10.2 Å². The lowest BCUT2D eigenvalue weighted by Crippen LogP contribution is -2.00. The van der Waals surface area contributed by atoms with Crippen LogP contribution in [0.4, 0.5) is 10.1 Å². The molecule has 1 heterocycles. The van der Waals surface area contributed by atoms with Crippen molar-refractivity contribution < 1.29 is 8.81 Å². The van der Waals surface area contributed by atoms with E-state index in [4.69, 9.17) is 4.42 Å². The Kier molecular flexibility index (Phi) is 3.96. The van der Waals surface area contributed by atoms with Gasteiger partial charge in [0.25, 0.3) is 0 Å². The highest BCUT2D eigenvalue weighted by Crippen LogP contribution is 2.21. The van der Waals surface area contributed by atoms with E-state index in [1.807, 2.05) is 24.3 Å². The van der Waals surface area contributed by atoms with Crippen LogP contribution in [0.25, 0.3) is 11.5 Å². The van der Waals surface area contributed by atoms with Crippen LogP contribution in [0, 0.1) is 5.82 Å². The molecule has 0 radical (unpaired) electrons. The van der Waals surface area contributed by atoms with Crippen LogP contribution in [-0.2, 0) is 6.54 Å². The van der Waals surface area contributed by atoms with Gasteiger partial charge < -0.3 is 9.73 Å². The third kappa shape index (κ3) is 3.28. The molecule has 1 N–H and O–H groups in total. The van der Waals surface area contributed by atoms with Crippen molar-refractivity contribution in [2.45, 2.75) is 6.54 Å². The molecule has 0 unspecified atom stereocenters. The summed E-state index contributed by atoms with van der Waals surface area (Å²) >= 11 is 3.35. The zero-order valence-electron chi connectivity index (χ0n) is 10.9. The first-order chi connectivity index (χ1) is 10.2. The fraction of sp³-hybridized carbons (Fsp3) is 0.0667. The summed E-state index contributed by atoms with van der Waals surface area (Å²) in [5.41, 5.74) is 2.80. The van der Waals surface area contributed by atoms with Crippen molar-refractivity contribution in [3.05, 3.63) is 64.7 Å². The predicted octanol–water partition coefficient (Wildman–Crippen LogP) is 4.25. The molecular formula is C15H11BrFN3O. The number of anilines is 1. The van der Waals surface area contributed by atoms with Crippen molar-refractivity contribution >= 4 is 21.6 Å². The van der Waals surface area contributed by atoms with Crippen molar-refractivity contribution in [3.8, 4) is 11.5 Å². The van der Waals surface area contributed by atoms with Crippen LogP contribution in [-0.4, -0.2) is 10.2 Å². The van der Waals surface area contributed by atoms with Crippen LogP contribution < -0.4 is 5.32 Å². The van der Waals surface area contributed by atoms with Gasteiger partial charge in [0, 0.05) is 22.3 Å². The smallest absolute Gasteiger partial charge is 0.247 e. The topological polar surface area (TPSA) is 51.0 Å². The van der Waals surface area contributed by atoms with Gasteiger partial charge in [-0.2, -0.15) is 0 Å². The number of hydrogen-bond acceptors (Lipinski definition) is 4. The molecule has 3 rings (SSSR count). The number of halogens is 2. The van der Waals surface area contributed by atoms with Gasteiger partial charge in [-0.25, -0.2) is 4.39 Å². The van der Waals surface area contributed by atoms with E-state index in [0.29, 0.717) is 12.4 Å². The maximum absolute atomic E-state index is 13.0. The van der Waals surface area contributed by atoms with Gasteiger partial charge in [-0.3, -0.25) is 0 Å². The Bertz CT molecular complexity index is 729. The van der Waals surface area contributed by atoms with E-state index in [9.17, 15) is 4.39 Å². The lowest BCUT2D eigenvalue weighted by molar-refractivity contribution is 0.568. The largest absolute Gasteiger partial charge is 0.423 e. The van der Waals surface area contributed by atoms with E-state index in [-0.39, 0.29) is 5.82 Å². The second-order valence-electron chi connectivity index (χ2n) is 4.41. The molecule has 1 aromatic heterocycles. The molecule has 0 aliphatic heterocycles. The SMILES string of the molecule is Fc1ccc(CNc2ccc(-c3nnco3)cc2)c(Br)c1. The summed E-state index contributed by atoms with van der Waals surface area (Å²) in [6.07, 6.45) is 1.30. The van der Waals surface area contributed by atoms with Crippen molar-refractivity contribution in [1.82, 2.24) is 10.2 Å². The van der Waals surface area contributed by atoms with Gasteiger partial charge in [-0.1, -0.05) is 22.0 Å². The zero-order chi connectivity index (χ0) is 14.7. The first kappa shape index (κ1) is 13.8. The van der Waals surface area contributed by atoms with Gasteiger partial charge >= 0.3 is 0 Å². The minimum atomic E-state index is -0.255. The number of hydrogen-bond donors (Lipinski definition) is 1. The number of nitrogens with zero attached hydrogens (tertiary/aromatic N) is 2. The molecule has 21 heavy (non-hydrogen) atoms. The molecule has 0 fully saturated rings. The van der Waals surface area contributed by atoms with E-state index >= 15 is 0 Å². The summed E-state index contributed by atoms with van der Waals surface area (Å²) < 4.78 is 18.9. The highest BCUT2D eigenvalue weighted by molar-refractivity contribution is 9.10. The molecule has 0 saturated heterocycles. The molecule has 6 heteroatoms. The van der Waals surface area contributed by atoms with Gasteiger partial charge in [-0.05, 0) is 42.0 Å². The molecule has 3 aromatic rings. The summed E-state index contributed by atoms with van der Waals surface area (Å²) in [6, 6.07) is 12.3. The van der Waals surface area contributed by atoms with Crippen molar-refractivity contribution in [2.24, 2.45) is 0 Å². The van der Waals surface area contributed by atoms with E-state index in [1.54, 1.807) is 6.07 Å². The van der Waals surface area contributed by atoms with Crippen molar-refractivity contribution in [3.63, 3.8) is 0 Å². The lowest BCUT2D eigenvalue weighted by atomic mass is 10.2.